The van der Waals surface area contributed by atoms with Gasteiger partial charge < -0.3 is 30.6 Å². The Balaban J connectivity index is 1.71. The number of carbonyl (C=O) groups excluding carboxylic acids is 2. The van der Waals surface area contributed by atoms with Gasteiger partial charge in [0.2, 0.25) is 0 Å². The SMILES string of the molecule is CCN[C@@H]1C[C@@H]2CN(CC)C(=O)C3=C(O)C(O)C(C(=O)NCc4c(F)cc(F)cc4F)=C1N32. The maximum atomic E-state index is 14.0. The summed E-state index contributed by atoms with van der Waals surface area (Å²) in [5, 5.41) is 27.1. The monoisotopic (exact) mass is 466 g/mol. The topological polar surface area (TPSA) is 105 Å². The van der Waals surface area contributed by atoms with Crippen molar-refractivity contribution in [2.24, 2.45) is 0 Å². The third-order valence-corrected chi connectivity index (χ3v) is 6.28. The first-order chi connectivity index (χ1) is 15.7. The molecule has 3 heterocycles. The molecule has 3 aliphatic heterocycles. The number of halogens is 3. The predicted molar refractivity (Wildman–Crippen MR) is 111 cm³/mol. The van der Waals surface area contributed by atoms with Crippen molar-refractivity contribution in [2.45, 2.75) is 45.0 Å². The molecule has 4 rings (SSSR count). The van der Waals surface area contributed by atoms with E-state index in [1.165, 1.54) is 0 Å². The molecule has 0 aromatic heterocycles. The maximum Gasteiger partial charge on any atom is 0.274 e. The van der Waals surface area contributed by atoms with Crippen LogP contribution in [0.25, 0.3) is 0 Å². The molecule has 33 heavy (non-hydrogen) atoms. The van der Waals surface area contributed by atoms with E-state index < -0.39 is 53.2 Å². The molecule has 1 aromatic rings. The van der Waals surface area contributed by atoms with E-state index in [0.29, 0.717) is 43.9 Å². The van der Waals surface area contributed by atoms with E-state index in [4.69, 9.17) is 0 Å². The zero-order valence-corrected chi connectivity index (χ0v) is 18.2. The van der Waals surface area contributed by atoms with Gasteiger partial charge >= 0.3 is 0 Å². The molecule has 2 amide bonds. The van der Waals surface area contributed by atoms with Crippen LogP contribution in [-0.4, -0.2) is 69.6 Å². The molecule has 2 fully saturated rings. The summed E-state index contributed by atoms with van der Waals surface area (Å²) in [5.41, 5.74) is -0.460. The summed E-state index contributed by atoms with van der Waals surface area (Å²) < 4.78 is 41.1. The number of hydrogen-bond acceptors (Lipinski definition) is 6. The highest BCUT2D eigenvalue weighted by molar-refractivity contribution is 6.00. The second-order valence-corrected chi connectivity index (χ2v) is 8.18. The maximum absolute atomic E-state index is 14.0. The van der Waals surface area contributed by atoms with Gasteiger partial charge in [0.25, 0.3) is 11.8 Å². The molecule has 178 valence electrons. The number of amides is 2. The van der Waals surface area contributed by atoms with Gasteiger partial charge in [-0.15, -0.1) is 0 Å². The van der Waals surface area contributed by atoms with E-state index in [0.717, 1.165) is 0 Å². The van der Waals surface area contributed by atoms with Gasteiger partial charge in [-0.1, -0.05) is 6.92 Å². The standard InChI is InChI=1S/C22H25F3N4O4/c1-3-26-15-7-11-9-28(4-2)22(33)18-20(31)19(30)16(17(15)29(11)18)21(32)27-8-12-13(24)5-10(23)6-14(12)25/h5-6,11,15,19,26,30-31H,3-4,7-9H2,1-2H3,(H,27,32)/t11-,15-,19?/m1/s1. The van der Waals surface area contributed by atoms with Gasteiger partial charge in [0.1, 0.15) is 29.3 Å². The smallest absolute Gasteiger partial charge is 0.274 e. The number of hydrogen-bond donors (Lipinski definition) is 4. The van der Waals surface area contributed by atoms with Gasteiger partial charge in [0.15, 0.2) is 5.76 Å². The summed E-state index contributed by atoms with van der Waals surface area (Å²) in [4.78, 5) is 29.2. The van der Waals surface area contributed by atoms with Gasteiger partial charge in [-0.05, 0) is 19.9 Å². The fourth-order valence-electron chi connectivity index (χ4n) is 4.80. The van der Waals surface area contributed by atoms with Crippen LogP contribution in [0.3, 0.4) is 0 Å². The number of nitrogens with one attached hydrogen (secondary N) is 2. The normalized spacial score (nSPS) is 24.5. The lowest BCUT2D eigenvalue weighted by molar-refractivity contribution is -0.133. The summed E-state index contributed by atoms with van der Waals surface area (Å²) in [6.45, 7) is 4.43. The van der Waals surface area contributed by atoms with Crippen LogP contribution in [-0.2, 0) is 16.1 Å². The second-order valence-electron chi connectivity index (χ2n) is 8.18. The van der Waals surface area contributed by atoms with Crippen LogP contribution in [0.5, 0.6) is 0 Å². The van der Waals surface area contributed by atoms with Crippen LogP contribution in [0, 0.1) is 17.5 Å². The van der Waals surface area contributed by atoms with Crippen molar-refractivity contribution in [3.8, 4) is 0 Å². The summed E-state index contributed by atoms with van der Waals surface area (Å²) >= 11 is 0. The minimum atomic E-state index is -1.80. The van der Waals surface area contributed by atoms with Crippen LogP contribution >= 0.6 is 0 Å². The molecule has 0 radical (unpaired) electrons. The van der Waals surface area contributed by atoms with Crippen molar-refractivity contribution in [3.05, 3.63) is 57.9 Å². The molecule has 8 nitrogen and oxygen atoms in total. The van der Waals surface area contributed by atoms with Gasteiger partial charge in [0.05, 0.1) is 17.7 Å². The zero-order chi connectivity index (χ0) is 24.0. The lowest BCUT2D eigenvalue weighted by atomic mass is 9.95. The van der Waals surface area contributed by atoms with Crippen molar-refractivity contribution >= 4 is 11.8 Å². The Morgan fingerprint density at radius 2 is 1.88 bits per heavy atom. The molecule has 0 aliphatic carbocycles. The quantitative estimate of drug-likeness (QED) is 0.499. The van der Waals surface area contributed by atoms with Crippen LogP contribution in [0.1, 0.15) is 25.8 Å². The molecule has 1 aromatic carbocycles. The average Bonchev–Trinajstić information content (AvgIpc) is 3.09. The number of nitrogens with zero attached hydrogens (tertiary/aromatic N) is 2. The Morgan fingerprint density at radius 3 is 2.48 bits per heavy atom. The van der Waals surface area contributed by atoms with Gasteiger partial charge in [-0.2, -0.15) is 0 Å². The van der Waals surface area contributed by atoms with Gasteiger partial charge in [0, 0.05) is 43.0 Å². The fraction of sp³-hybridized carbons (Fsp3) is 0.455. The highest BCUT2D eigenvalue weighted by Crippen LogP contribution is 2.43. The van der Waals surface area contributed by atoms with Crippen molar-refractivity contribution in [1.29, 1.82) is 0 Å². The van der Waals surface area contributed by atoms with Crippen molar-refractivity contribution in [3.63, 3.8) is 0 Å². The first-order valence-electron chi connectivity index (χ1n) is 10.8. The lowest BCUT2D eigenvalue weighted by Gasteiger charge is -2.43. The van der Waals surface area contributed by atoms with Crippen molar-refractivity contribution < 1.29 is 33.0 Å². The lowest BCUT2D eigenvalue weighted by Crippen LogP contribution is -2.55. The molecule has 3 aliphatic rings. The average molecular weight is 466 g/mol. The Bertz CT molecular complexity index is 1050. The summed E-state index contributed by atoms with van der Waals surface area (Å²) in [7, 11) is 0. The summed E-state index contributed by atoms with van der Waals surface area (Å²) in [5.74, 6) is -5.36. The van der Waals surface area contributed by atoms with E-state index >= 15 is 0 Å². The zero-order valence-electron chi connectivity index (χ0n) is 18.2. The number of likely N-dealkylation sites (N-methyl/N-ethyl adjacent to an activating group) is 2. The second kappa shape index (κ2) is 8.71. The minimum absolute atomic E-state index is 0.0665. The Kier molecular flexibility index (Phi) is 6.10. The third kappa shape index (κ3) is 3.74. The number of benzene rings is 1. The molecule has 1 unspecified atom stereocenters. The number of rotatable bonds is 6. The van der Waals surface area contributed by atoms with E-state index in [9.17, 15) is 33.0 Å². The molecule has 3 atom stereocenters. The largest absolute Gasteiger partial charge is 0.507 e. The van der Waals surface area contributed by atoms with Crippen LogP contribution in [0.2, 0.25) is 0 Å². The highest BCUT2D eigenvalue weighted by atomic mass is 19.1. The van der Waals surface area contributed by atoms with Crippen LogP contribution in [0.15, 0.2) is 34.9 Å². The highest BCUT2D eigenvalue weighted by Gasteiger charge is 2.52. The van der Waals surface area contributed by atoms with Crippen molar-refractivity contribution in [1.82, 2.24) is 20.4 Å². The Hall–Kier alpha value is -3.05. The first-order valence-corrected chi connectivity index (χ1v) is 10.8. The molecule has 0 saturated carbocycles. The number of aliphatic hydroxyl groups excluding tert-OH is 2. The van der Waals surface area contributed by atoms with E-state index in [1.54, 1.807) is 9.80 Å². The Morgan fingerprint density at radius 1 is 1.21 bits per heavy atom. The van der Waals surface area contributed by atoms with Crippen LogP contribution < -0.4 is 10.6 Å². The third-order valence-electron chi connectivity index (χ3n) is 6.28. The number of aliphatic hydroxyl groups is 2. The molecule has 4 N–H and O–H groups in total. The molecular formula is C22H25F3N4O4. The predicted octanol–water partition coefficient (Wildman–Crippen LogP) is 1.03. The first kappa shape index (κ1) is 23.1. The summed E-state index contributed by atoms with van der Waals surface area (Å²) in [6, 6.07) is 0.401. The molecule has 2 saturated heterocycles. The molecule has 0 spiro atoms. The number of piperazine rings is 1. The summed E-state index contributed by atoms with van der Waals surface area (Å²) in [6.07, 6.45) is -1.27. The molecule has 0 bridgehead atoms. The van der Waals surface area contributed by atoms with Gasteiger partial charge in [-0.25, -0.2) is 13.2 Å². The number of carbonyl (C=O) groups is 2. The van der Waals surface area contributed by atoms with Crippen molar-refractivity contribution in [2.75, 3.05) is 19.6 Å². The van der Waals surface area contributed by atoms with E-state index in [-0.39, 0.29) is 23.4 Å². The van der Waals surface area contributed by atoms with Crippen LogP contribution in [0.4, 0.5) is 13.2 Å². The van der Waals surface area contributed by atoms with E-state index in [2.05, 4.69) is 10.6 Å². The molecular weight excluding hydrogens is 441 g/mol. The Labute approximate surface area is 188 Å². The minimum Gasteiger partial charge on any atom is -0.507 e. The van der Waals surface area contributed by atoms with Gasteiger partial charge in [-0.3, -0.25) is 9.59 Å². The fourth-order valence-corrected chi connectivity index (χ4v) is 4.80. The van der Waals surface area contributed by atoms with E-state index in [1.807, 2.05) is 13.8 Å². The molecule has 11 heteroatoms.